The Morgan fingerprint density at radius 2 is 2.08 bits per heavy atom. The van der Waals surface area contributed by atoms with Crippen LogP contribution in [0.2, 0.25) is 0 Å². The quantitative estimate of drug-likeness (QED) is 0.837. The number of piperazine rings is 1. The van der Waals surface area contributed by atoms with Crippen molar-refractivity contribution >= 4 is 5.91 Å². The molecule has 0 saturated carbocycles. The van der Waals surface area contributed by atoms with E-state index in [4.69, 9.17) is 4.74 Å². The summed E-state index contributed by atoms with van der Waals surface area (Å²) in [5, 5.41) is 0. The van der Waals surface area contributed by atoms with E-state index in [9.17, 15) is 4.79 Å². The third-order valence-corrected chi connectivity index (χ3v) is 5.11. The maximum Gasteiger partial charge on any atom is 0.233 e. The van der Waals surface area contributed by atoms with Crippen LogP contribution in [-0.2, 0) is 11.8 Å². The van der Waals surface area contributed by atoms with Crippen LogP contribution in [0.4, 0.5) is 0 Å². The van der Waals surface area contributed by atoms with Crippen LogP contribution in [0.1, 0.15) is 23.3 Å². The fraction of sp³-hybridized carbons (Fsp3) is 0.444. The maximum atomic E-state index is 13.1. The second kappa shape index (κ2) is 5.94. The SMILES string of the molecule is CN1CCN(C(=O)[C@@H]2COc3ccccc32)C[C@@H]1c1nccn1C. The van der Waals surface area contributed by atoms with Gasteiger partial charge in [-0.15, -0.1) is 0 Å². The van der Waals surface area contributed by atoms with Gasteiger partial charge in [-0.25, -0.2) is 4.98 Å². The van der Waals surface area contributed by atoms with E-state index in [2.05, 4.69) is 16.9 Å². The zero-order valence-electron chi connectivity index (χ0n) is 14.1. The highest BCUT2D eigenvalue weighted by Gasteiger charge is 2.37. The molecule has 2 atom stereocenters. The van der Waals surface area contributed by atoms with E-state index in [0.29, 0.717) is 13.2 Å². The highest BCUT2D eigenvalue weighted by atomic mass is 16.5. The first-order chi connectivity index (χ1) is 11.6. The topological polar surface area (TPSA) is 50.6 Å². The molecule has 1 fully saturated rings. The molecule has 3 heterocycles. The van der Waals surface area contributed by atoms with Gasteiger partial charge in [-0.3, -0.25) is 9.69 Å². The van der Waals surface area contributed by atoms with Gasteiger partial charge >= 0.3 is 0 Å². The molecule has 1 amide bonds. The Morgan fingerprint density at radius 3 is 2.88 bits per heavy atom. The molecule has 2 aliphatic heterocycles. The Morgan fingerprint density at radius 1 is 1.25 bits per heavy atom. The largest absolute Gasteiger partial charge is 0.492 e. The number of nitrogens with zero attached hydrogens (tertiary/aromatic N) is 4. The molecule has 24 heavy (non-hydrogen) atoms. The van der Waals surface area contributed by atoms with Gasteiger partial charge in [0, 0.05) is 44.6 Å². The first-order valence-corrected chi connectivity index (χ1v) is 8.33. The number of carbonyl (C=O) groups is 1. The second-order valence-electron chi connectivity index (χ2n) is 6.58. The molecule has 0 bridgehead atoms. The van der Waals surface area contributed by atoms with Gasteiger partial charge in [0.1, 0.15) is 24.1 Å². The van der Waals surface area contributed by atoms with Gasteiger partial charge < -0.3 is 14.2 Å². The van der Waals surface area contributed by atoms with Crippen LogP contribution in [0.3, 0.4) is 0 Å². The molecule has 0 N–H and O–H groups in total. The maximum absolute atomic E-state index is 13.1. The molecular weight excluding hydrogens is 304 g/mol. The van der Waals surface area contributed by atoms with Crippen molar-refractivity contribution < 1.29 is 9.53 Å². The van der Waals surface area contributed by atoms with Crippen molar-refractivity contribution in [3.63, 3.8) is 0 Å². The first kappa shape index (κ1) is 15.2. The molecule has 1 aromatic carbocycles. The van der Waals surface area contributed by atoms with Gasteiger partial charge in [0.05, 0.1) is 6.04 Å². The first-order valence-electron chi connectivity index (χ1n) is 8.33. The number of rotatable bonds is 2. The highest BCUT2D eigenvalue weighted by Crippen LogP contribution is 2.35. The van der Waals surface area contributed by atoms with E-state index in [1.54, 1.807) is 0 Å². The molecule has 2 aromatic rings. The van der Waals surface area contributed by atoms with Crippen molar-refractivity contribution in [3.8, 4) is 5.75 Å². The fourth-order valence-electron chi connectivity index (χ4n) is 3.64. The fourth-order valence-corrected chi connectivity index (χ4v) is 3.64. The number of hydrogen-bond donors (Lipinski definition) is 0. The predicted molar refractivity (Wildman–Crippen MR) is 89.8 cm³/mol. The number of carbonyl (C=O) groups excluding carboxylic acids is 1. The molecule has 0 radical (unpaired) electrons. The van der Waals surface area contributed by atoms with Crippen LogP contribution in [0.25, 0.3) is 0 Å². The van der Waals surface area contributed by atoms with Crippen LogP contribution >= 0.6 is 0 Å². The lowest BCUT2D eigenvalue weighted by Gasteiger charge is -2.39. The normalized spacial score (nSPS) is 23.8. The van der Waals surface area contributed by atoms with Crippen LogP contribution in [0.15, 0.2) is 36.7 Å². The summed E-state index contributed by atoms with van der Waals surface area (Å²) in [5.41, 5.74) is 1.01. The number of benzene rings is 1. The van der Waals surface area contributed by atoms with Crippen molar-refractivity contribution in [2.75, 3.05) is 33.3 Å². The third kappa shape index (κ3) is 2.47. The molecule has 1 aromatic heterocycles. The predicted octanol–water partition coefficient (Wildman–Crippen LogP) is 1.41. The van der Waals surface area contributed by atoms with E-state index < -0.39 is 0 Å². The average molecular weight is 326 g/mol. The van der Waals surface area contributed by atoms with Crippen LogP contribution in [-0.4, -0.2) is 58.5 Å². The minimum atomic E-state index is -0.188. The van der Waals surface area contributed by atoms with Crippen molar-refractivity contribution in [3.05, 3.63) is 48.0 Å². The highest BCUT2D eigenvalue weighted by molar-refractivity contribution is 5.85. The number of para-hydroxylation sites is 1. The number of amides is 1. The molecule has 6 nitrogen and oxygen atoms in total. The van der Waals surface area contributed by atoms with E-state index in [-0.39, 0.29) is 17.9 Å². The van der Waals surface area contributed by atoms with Gasteiger partial charge in [0.2, 0.25) is 5.91 Å². The lowest BCUT2D eigenvalue weighted by Crippen LogP contribution is -2.51. The Balaban J connectivity index is 1.55. The minimum absolute atomic E-state index is 0.125. The summed E-state index contributed by atoms with van der Waals surface area (Å²) in [6.07, 6.45) is 3.76. The molecule has 2 aliphatic rings. The second-order valence-corrected chi connectivity index (χ2v) is 6.58. The molecule has 1 saturated heterocycles. The summed E-state index contributed by atoms with van der Waals surface area (Å²) in [6, 6.07) is 7.97. The van der Waals surface area contributed by atoms with Gasteiger partial charge in [0.15, 0.2) is 0 Å². The van der Waals surface area contributed by atoms with Crippen LogP contribution in [0, 0.1) is 0 Å². The van der Waals surface area contributed by atoms with Crippen LogP contribution in [0.5, 0.6) is 5.75 Å². The molecule has 6 heteroatoms. The number of imidazole rings is 1. The van der Waals surface area contributed by atoms with Crippen molar-refractivity contribution in [2.45, 2.75) is 12.0 Å². The summed E-state index contributed by atoms with van der Waals surface area (Å²) in [6.45, 7) is 2.70. The van der Waals surface area contributed by atoms with Gasteiger partial charge in [-0.2, -0.15) is 0 Å². The van der Waals surface area contributed by atoms with Crippen molar-refractivity contribution in [1.29, 1.82) is 0 Å². The molecule has 0 spiro atoms. The van der Waals surface area contributed by atoms with E-state index >= 15 is 0 Å². The molecular formula is C18H22N4O2. The molecule has 126 valence electrons. The van der Waals surface area contributed by atoms with Crippen molar-refractivity contribution in [1.82, 2.24) is 19.4 Å². The number of aryl methyl sites for hydroxylation is 1. The Bertz CT molecular complexity index is 757. The smallest absolute Gasteiger partial charge is 0.233 e. The summed E-state index contributed by atoms with van der Waals surface area (Å²) >= 11 is 0. The zero-order valence-corrected chi connectivity index (χ0v) is 14.1. The molecule has 4 rings (SSSR count). The van der Waals surface area contributed by atoms with Gasteiger partial charge in [-0.1, -0.05) is 18.2 Å². The molecule has 0 aliphatic carbocycles. The molecule has 0 unspecified atom stereocenters. The lowest BCUT2D eigenvalue weighted by molar-refractivity contribution is -0.136. The van der Waals surface area contributed by atoms with Crippen LogP contribution < -0.4 is 4.74 Å². The summed E-state index contributed by atoms with van der Waals surface area (Å²) < 4.78 is 7.72. The Hall–Kier alpha value is -2.34. The lowest BCUT2D eigenvalue weighted by atomic mass is 9.99. The van der Waals surface area contributed by atoms with E-state index in [1.807, 2.05) is 53.2 Å². The zero-order chi connectivity index (χ0) is 16.7. The Labute approximate surface area is 141 Å². The average Bonchev–Trinajstić information content (AvgIpc) is 3.21. The van der Waals surface area contributed by atoms with Gasteiger partial charge in [0.25, 0.3) is 0 Å². The number of ether oxygens (including phenoxy) is 1. The van der Waals surface area contributed by atoms with E-state index in [1.165, 1.54) is 0 Å². The summed E-state index contributed by atoms with van der Waals surface area (Å²) in [4.78, 5) is 21.8. The summed E-state index contributed by atoms with van der Waals surface area (Å²) in [7, 11) is 4.09. The number of fused-ring (bicyclic) bond motifs is 1. The van der Waals surface area contributed by atoms with E-state index in [0.717, 1.165) is 30.2 Å². The summed E-state index contributed by atoms with van der Waals surface area (Å²) in [5.74, 6) is 1.81. The number of hydrogen-bond acceptors (Lipinski definition) is 4. The number of likely N-dealkylation sites (N-methyl/N-ethyl adjacent to an activating group) is 1. The third-order valence-electron chi connectivity index (χ3n) is 5.11. The monoisotopic (exact) mass is 326 g/mol. The number of aromatic nitrogens is 2. The minimum Gasteiger partial charge on any atom is -0.492 e. The Kier molecular flexibility index (Phi) is 3.76. The standard InChI is InChI=1S/C18H22N4O2/c1-20-9-10-22(11-15(20)17-19-7-8-21(17)2)18(23)14-12-24-16-6-4-3-5-13(14)16/h3-8,14-15H,9-12H2,1-2H3/t14-,15-/m1/s1. The van der Waals surface area contributed by atoms with Crippen molar-refractivity contribution in [2.24, 2.45) is 7.05 Å². The van der Waals surface area contributed by atoms with Gasteiger partial charge in [-0.05, 0) is 13.1 Å².